The van der Waals surface area contributed by atoms with Crippen LogP contribution in [0.15, 0.2) is 24.3 Å². The second-order valence-electron chi connectivity index (χ2n) is 5.78. The average molecular weight is 297 g/mol. The fourth-order valence-electron chi connectivity index (χ4n) is 2.69. The normalized spacial score (nSPS) is 22.7. The van der Waals surface area contributed by atoms with E-state index in [1.165, 1.54) is 18.6 Å². The second kappa shape index (κ2) is 6.41. The number of rotatable bonds is 4. The molecular formula is C16H21F2NO2. The lowest BCUT2D eigenvalue weighted by molar-refractivity contribution is -0.158. The van der Waals surface area contributed by atoms with Gasteiger partial charge in [0, 0.05) is 18.5 Å². The van der Waals surface area contributed by atoms with Gasteiger partial charge in [-0.15, -0.1) is 0 Å². The second-order valence-corrected chi connectivity index (χ2v) is 5.78. The molecule has 1 aromatic carbocycles. The molecule has 1 aliphatic carbocycles. The highest BCUT2D eigenvalue weighted by molar-refractivity contribution is 5.94. The first-order chi connectivity index (χ1) is 9.85. The van der Waals surface area contributed by atoms with Crippen molar-refractivity contribution in [3.8, 4) is 5.75 Å². The first kappa shape index (κ1) is 15.7. The van der Waals surface area contributed by atoms with Gasteiger partial charge < -0.3 is 10.1 Å². The van der Waals surface area contributed by atoms with Crippen LogP contribution in [0.3, 0.4) is 0 Å². The van der Waals surface area contributed by atoms with E-state index in [-0.39, 0.29) is 17.7 Å². The number of amides is 1. The Morgan fingerprint density at radius 2 is 2.05 bits per heavy atom. The van der Waals surface area contributed by atoms with Crippen molar-refractivity contribution in [3.63, 3.8) is 0 Å². The van der Waals surface area contributed by atoms with E-state index >= 15 is 0 Å². The Kier molecular flexibility index (Phi) is 4.80. The summed E-state index contributed by atoms with van der Waals surface area (Å²) in [5, 5.41) is 2.99. The molecule has 5 heteroatoms. The Morgan fingerprint density at radius 3 is 2.71 bits per heavy atom. The molecule has 0 aromatic heterocycles. The molecule has 1 N–H and O–H groups in total. The Balaban J connectivity index is 2.03. The van der Waals surface area contributed by atoms with E-state index in [9.17, 15) is 13.6 Å². The summed E-state index contributed by atoms with van der Waals surface area (Å²) in [4.78, 5) is 12.2. The van der Waals surface area contributed by atoms with Gasteiger partial charge in [-0.05, 0) is 37.0 Å². The summed E-state index contributed by atoms with van der Waals surface area (Å²) in [6.45, 7) is 2.80. The SMILES string of the molecule is CC1CCCCC1NC(=O)c1cccc(OC(C)(F)F)c1. The smallest absolute Gasteiger partial charge is 0.394 e. The van der Waals surface area contributed by atoms with Gasteiger partial charge in [0.2, 0.25) is 0 Å². The van der Waals surface area contributed by atoms with Crippen molar-refractivity contribution in [3.05, 3.63) is 29.8 Å². The number of nitrogens with one attached hydrogen (secondary N) is 1. The Hall–Kier alpha value is -1.65. The number of halogens is 2. The molecule has 0 heterocycles. The molecule has 0 saturated heterocycles. The van der Waals surface area contributed by atoms with E-state index in [4.69, 9.17) is 0 Å². The van der Waals surface area contributed by atoms with Crippen LogP contribution in [-0.2, 0) is 0 Å². The zero-order valence-corrected chi connectivity index (χ0v) is 12.4. The maximum Gasteiger partial charge on any atom is 0.394 e. The van der Waals surface area contributed by atoms with Crippen molar-refractivity contribution in [2.24, 2.45) is 5.92 Å². The van der Waals surface area contributed by atoms with Gasteiger partial charge in [-0.3, -0.25) is 4.79 Å². The minimum Gasteiger partial charge on any atom is -0.433 e. The van der Waals surface area contributed by atoms with Gasteiger partial charge in [0.1, 0.15) is 5.75 Å². The van der Waals surface area contributed by atoms with E-state index in [2.05, 4.69) is 17.0 Å². The van der Waals surface area contributed by atoms with Gasteiger partial charge in [-0.25, -0.2) is 0 Å². The molecule has 1 aromatic rings. The number of carbonyl (C=O) groups excluding carboxylic acids is 1. The molecule has 0 spiro atoms. The molecular weight excluding hydrogens is 276 g/mol. The van der Waals surface area contributed by atoms with Crippen LogP contribution in [0.5, 0.6) is 5.75 Å². The molecule has 1 amide bonds. The highest BCUT2D eigenvalue weighted by Gasteiger charge is 2.25. The van der Waals surface area contributed by atoms with E-state index in [1.54, 1.807) is 12.1 Å². The Labute approximate surface area is 123 Å². The molecule has 2 unspecified atom stereocenters. The molecule has 1 aliphatic rings. The molecule has 1 saturated carbocycles. The summed E-state index contributed by atoms with van der Waals surface area (Å²) in [6.07, 6.45) is 1.13. The van der Waals surface area contributed by atoms with Crippen molar-refractivity contribution in [1.29, 1.82) is 0 Å². The predicted molar refractivity (Wildman–Crippen MR) is 76.6 cm³/mol. The molecule has 0 radical (unpaired) electrons. The summed E-state index contributed by atoms with van der Waals surface area (Å²) < 4.78 is 30.2. The van der Waals surface area contributed by atoms with E-state index in [1.807, 2.05) is 0 Å². The van der Waals surface area contributed by atoms with Crippen LogP contribution in [0.1, 0.15) is 49.9 Å². The summed E-state index contributed by atoms with van der Waals surface area (Å²) in [5.74, 6) is 0.201. The Bertz CT molecular complexity index is 499. The van der Waals surface area contributed by atoms with Crippen LogP contribution in [0.4, 0.5) is 8.78 Å². The van der Waals surface area contributed by atoms with E-state index < -0.39 is 6.11 Å². The summed E-state index contributed by atoms with van der Waals surface area (Å²) in [7, 11) is 0. The number of hydrogen-bond acceptors (Lipinski definition) is 2. The van der Waals surface area contributed by atoms with E-state index in [0.29, 0.717) is 18.4 Å². The van der Waals surface area contributed by atoms with Crippen LogP contribution in [0.2, 0.25) is 0 Å². The van der Waals surface area contributed by atoms with Crippen molar-refractivity contribution >= 4 is 5.91 Å². The third-order valence-corrected chi connectivity index (χ3v) is 3.82. The van der Waals surface area contributed by atoms with E-state index in [0.717, 1.165) is 19.3 Å². The lowest BCUT2D eigenvalue weighted by atomic mass is 9.86. The highest BCUT2D eigenvalue weighted by atomic mass is 19.3. The molecule has 116 valence electrons. The summed E-state index contributed by atoms with van der Waals surface area (Å²) in [5.41, 5.74) is 0.342. The minimum absolute atomic E-state index is 0.00755. The van der Waals surface area contributed by atoms with Gasteiger partial charge in [0.15, 0.2) is 0 Å². The number of hydrogen-bond donors (Lipinski definition) is 1. The number of benzene rings is 1. The van der Waals surface area contributed by atoms with Crippen molar-refractivity contribution < 1.29 is 18.3 Å². The molecule has 0 bridgehead atoms. The van der Waals surface area contributed by atoms with Crippen molar-refractivity contribution in [1.82, 2.24) is 5.32 Å². The Morgan fingerprint density at radius 1 is 1.33 bits per heavy atom. The van der Waals surface area contributed by atoms with Gasteiger partial charge in [-0.1, -0.05) is 25.8 Å². The van der Waals surface area contributed by atoms with Gasteiger partial charge in [-0.2, -0.15) is 8.78 Å². The predicted octanol–water partition coefficient (Wildman–Crippen LogP) is 3.99. The highest BCUT2D eigenvalue weighted by Crippen LogP contribution is 2.25. The van der Waals surface area contributed by atoms with Crippen LogP contribution in [-0.4, -0.2) is 18.1 Å². The zero-order chi connectivity index (χ0) is 15.5. The number of ether oxygens (including phenoxy) is 1. The lowest BCUT2D eigenvalue weighted by Crippen LogP contribution is -2.41. The fraction of sp³-hybridized carbons (Fsp3) is 0.562. The standard InChI is InChI=1S/C16H21F2NO2/c1-11-6-3-4-9-14(11)19-15(20)12-7-5-8-13(10-12)21-16(2,17)18/h5,7-8,10-11,14H,3-4,6,9H2,1-2H3,(H,19,20). The summed E-state index contributed by atoms with van der Waals surface area (Å²) in [6, 6.07) is 6.06. The number of carbonyl (C=O) groups is 1. The third kappa shape index (κ3) is 4.69. The summed E-state index contributed by atoms with van der Waals surface area (Å²) >= 11 is 0. The third-order valence-electron chi connectivity index (χ3n) is 3.82. The van der Waals surface area contributed by atoms with Crippen LogP contribution < -0.4 is 10.1 Å². The van der Waals surface area contributed by atoms with Crippen LogP contribution in [0.25, 0.3) is 0 Å². The fourth-order valence-corrected chi connectivity index (χ4v) is 2.69. The first-order valence-corrected chi connectivity index (χ1v) is 7.33. The van der Waals surface area contributed by atoms with Crippen LogP contribution in [0, 0.1) is 5.92 Å². The molecule has 1 fully saturated rings. The van der Waals surface area contributed by atoms with Crippen LogP contribution >= 0.6 is 0 Å². The van der Waals surface area contributed by atoms with Crippen molar-refractivity contribution in [2.75, 3.05) is 0 Å². The first-order valence-electron chi connectivity index (χ1n) is 7.33. The average Bonchev–Trinajstić information content (AvgIpc) is 2.39. The van der Waals surface area contributed by atoms with Gasteiger partial charge >= 0.3 is 6.11 Å². The maximum absolute atomic E-state index is 12.8. The quantitative estimate of drug-likeness (QED) is 0.912. The topological polar surface area (TPSA) is 38.3 Å². The number of alkyl halides is 2. The minimum atomic E-state index is -3.26. The largest absolute Gasteiger partial charge is 0.433 e. The van der Waals surface area contributed by atoms with Gasteiger partial charge in [0.25, 0.3) is 5.91 Å². The molecule has 0 aliphatic heterocycles. The maximum atomic E-state index is 12.8. The molecule has 2 atom stereocenters. The van der Waals surface area contributed by atoms with Gasteiger partial charge in [0.05, 0.1) is 0 Å². The zero-order valence-electron chi connectivity index (χ0n) is 12.4. The molecule has 3 nitrogen and oxygen atoms in total. The monoisotopic (exact) mass is 297 g/mol. The molecule has 21 heavy (non-hydrogen) atoms. The van der Waals surface area contributed by atoms with Crippen molar-refractivity contribution in [2.45, 2.75) is 51.7 Å². The lowest BCUT2D eigenvalue weighted by Gasteiger charge is -2.29. The molecule has 2 rings (SSSR count).